The lowest BCUT2D eigenvalue weighted by Gasteiger charge is -2.47. The number of amides is 2. The van der Waals surface area contributed by atoms with E-state index < -0.39 is 0 Å². The largest absolute Gasteiger partial charge is 0.464 e. The van der Waals surface area contributed by atoms with E-state index in [2.05, 4.69) is 0 Å². The molecule has 1 spiro atoms. The molecule has 0 radical (unpaired) electrons. The summed E-state index contributed by atoms with van der Waals surface area (Å²) in [7, 11) is 0. The van der Waals surface area contributed by atoms with Gasteiger partial charge in [-0.05, 0) is 43.9 Å². The fraction of sp³-hybridized carbons (Fsp3) is 0.565. The summed E-state index contributed by atoms with van der Waals surface area (Å²) in [5.74, 6) is 0.356. The summed E-state index contributed by atoms with van der Waals surface area (Å²) in [6.45, 7) is 4.43. The molecule has 0 bridgehead atoms. The highest BCUT2D eigenvalue weighted by atomic mass is 16.5. The summed E-state index contributed by atoms with van der Waals surface area (Å²) in [6, 6.07) is 7.48. The summed E-state index contributed by atoms with van der Waals surface area (Å²) < 4.78 is 17.0. The molecule has 160 valence electrons. The van der Waals surface area contributed by atoms with Crippen LogP contribution in [0, 0.1) is 5.92 Å². The molecule has 3 saturated heterocycles. The van der Waals surface area contributed by atoms with Gasteiger partial charge in [-0.2, -0.15) is 0 Å². The van der Waals surface area contributed by atoms with Crippen molar-refractivity contribution in [1.29, 1.82) is 0 Å². The van der Waals surface area contributed by atoms with Gasteiger partial charge in [-0.3, -0.25) is 9.59 Å². The van der Waals surface area contributed by atoms with E-state index in [4.69, 9.17) is 13.9 Å². The van der Waals surface area contributed by atoms with Gasteiger partial charge in [0, 0.05) is 49.7 Å². The van der Waals surface area contributed by atoms with E-state index in [0.717, 1.165) is 36.7 Å². The molecular weight excluding hydrogens is 384 g/mol. The van der Waals surface area contributed by atoms with Crippen molar-refractivity contribution in [3.05, 3.63) is 36.1 Å². The minimum Gasteiger partial charge on any atom is -0.464 e. The zero-order chi connectivity index (χ0) is 20.6. The Labute approximate surface area is 175 Å². The fourth-order valence-electron chi connectivity index (χ4n) is 4.93. The van der Waals surface area contributed by atoms with Crippen LogP contribution >= 0.6 is 0 Å². The number of carbonyl (C=O) groups excluding carboxylic acids is 2. The van der Waals surface area contributed by atoms with Crippen LogP contribution in [0.2, 0.25) is 0 Å². The fourth-order valence-corrected chi connectivity index (χ4v) is 4.93. The standard InChI is InChI=1S/C23H28N2O5/c26-21(18-3-11-28-12-4-18)24-8-6-23(7-9-24)16-25(10-14-30-23)22(27)19-2-1-17-5-13-29-20(17)15-19/h1-2,5,13,15,18H,3-4,6-12,14,16H2. The Bertz CT molecular complexity index is 925. The lowest BCUT2D eigenvalue weighted by atomic mass is 9.88. The number of morpholine rings is 1. The molecule has 7 nitrogen and oxygen atoms in total. The molecule has 30 heavy (non-hydrogen) atoms. The number of ether oxygens (including phenoxy) is 2. The molecule has 5 rings (SSSR count). The van der Waals surface area contributed by atoms with Crippen LogP contribution in [0.4, 0.5) is 0 Å². The Morgan fingerprint density at radius 2 is 1.77 bits per heavy atom. The summed E-state index contributed by atoms with van der Waals surface area (Å²) in [6.07, 6.45) is 4.81. The van der Waals surface area contributed by atoms with E-state index in [1.165, 1.54) is 0 Å². The Balaban J connectivity index is 1.23. The van der Waals surface area contributed by atoms with Crippen molar-refractivity contribution in [2.45, 2.75) is 31.3 Å². The lowest BCUT2D eigenvalue weighted by Crippen LogP contribution is -2.59. The number of nitrogens with zero attached hydrogens (tertiary/aromatic N) is 2. The summed E-state index contributed by atoms with van der Waals surface area (Å²) in [5.41, 5.74) is 1.01. The molecule has 3 fully saturated rings. The second kappa shape index (κ2) is 8.04. The molecule has 0 aliphatic carbocycles. The molecule has 0 N–H and O–H groups in total. The molecule has 1 aromatic heterocycles. The van der Waals surface area contributed by atoms with Crippen LogP contribution < -0.4 is 0 Å². The highest BCUT2D eigenvalue weighted by molar-refractivity contribution is 5.97. The second-order valence-electron chi connectivity index (χ2n) is 8.64. The first kappa shape index (κ1) is 19.6. The first-order chi connectivity index (χ1) is 14.6. The third-order valence-corrected chi connectivity index (χ3v) is 6.80. The molecule has 7 heteroatoms. The second-order valence-corrected chi connectivity index (χ2v) is 8.64. The Kier molecular flexibility index (Phi) is 5.25. The van der Waals surface area contributed by atoms with Crippen molar-refractivity contribution in [2.75, 3.05) is 46.0 Å². The maximum Gasteiger partial charge on any atom is 0.254 e. The average molecular weight is 412 g/mol. The van der Waals surface area contributed by atoms with Crippen molar-refractivity contribution >= 4 is 22.8 Å². The van der Waals surface area contributed by atoms with Gasteiger partial charge in [0.2, 0.25) is 5.91 Å². The number of benzene rings is 1. The monoisotopic (exact) mass is 412 g/mol. The van der Waals surface area contributed by atoms with E-state index in [1.54, 1.807) is 6.26 Å². The highest BCUT2D eigenvalue weighted by Gasteiger charge is 2.42. The number of fused-ring (bicyclic) bond motifs is 1. The van der Waals surface area contributed by atoms with Crippen molar-refractivity contribution in [3.8, 4) is 0 Å². The molecule has 0 atom stereocenters. The Morgan fingerprint density at radius 3 is 2.57 bits per heavy atom. The number of furan rings is 1. The van der Waals surface area contributed by atoms with E-state index in [0.29, 0.717) is 51.6 Å². The maximum absolute atomic E-state index is 13.1. The van der Waals surface area contributed by atoms with E-state index in [-0.39, 0.29) is 23.3 Å². The quantitative estimate of drug-likeness (QED) is 0.758. The molecular formula is C23H28N2O5. The van der Waals surface area contributed by atoms with Gasteiger partial charge in [0.15, 0.2) is 0 Å². The van der Waals surface area contributed by atoms with Crippen LogP contribution in [0.1, 0.15) is 36.0 Å². The number of rotatable bonds is 2. The first-order valence-corrected chi connectivity index (χ1v) is 10.9. The molecule has 1 aromatic carbocycles. The molecule has 0 unspecified atom stereocenters. The van der Waals surface area contributed by atoms with Crippen LogP contribution in [0.25, 0.3) is 11.0 Å². The van der Waals surface area contributed by atoms with Crippen molar-refractivity contribution in [3.63, 3.8) is 0 Å². The van der Waals surface area contributed by atoms with E-state index in [9.17, 15) is 9.59 Å². The predicted molar refractivity (Wildman–Crippen MR) is 110 cm³/mol. The number of carbonyl (C=O) groups is 2. The molecule has 3 aliphatic rings. The SMILES string of the molecule is O=C(c1ccc2ccoc2c1)N1CCOC2(CCN(C(=O)C3CCOCC3)CC2)C1. The molecule has 0 saturated carbocycles. The lowest BCUT2D eigenvalue weighted by molar-refractivity contribution is -0.152. The van der Waals surface area contributed by atoms with Crippen LogP contribution in [-0.2, 0) is 14.3 Å². The normalized spacial score (nSPS) is 22.5. The van der Waals surface area contributed by atoms with Crippen molar-refractivity contribution < 1.29 is 23.5 Å². The summed E-state index contributed by atoms with van der Waals surface area (Å²) in [5, 5.41) is 0.992. The minimum absolute atomic E-state index is 0.0108. The Hall–Kier alpha value is -2.38. The first-order valence-electron chi connectivity index (χ1n) is 10.9. The number of hydrogen-bond acceptors (Lipinski definition) is 5. The van der Waals surface area contributed by atoms with Gasteiger partial charge in [0.05, 0.1) is 25.0 Å². The minimum atomic E-state index is -0.352. The topological polar surface area (TPSA) is 72.2 Å². The number of likely N-dealkylation sites (tertiary alicyclic amines) is 1. The smallest absolute Gasteiger partial charge is 0.254 e. The summed E-state index contributed by atoms with van der Waals surface area (Å²) in [4.78, 5) is 29.8. The van der Waals surface area contributed by atoms with Gasteiger partial charge in [0.25, 0.3) is 5.91 Å². The molecule has 4 heterocycles. The van der Waals surface area contributed by atoms with E-state index >= 15 is 0 Å². The summed E-state index contributed by atoms with van der Waals surface area (Å²) >= 11 is 0. The van der Waals surface area contributed by atoms with Crippen molar-refractivity contribution in [1.82, 2.24) is 9.80 Å². The predicted octanol–water partition coefficient (Wildman–Crippen LogP) is 2.69. The van der Waals surface area contributed by atoms with Crippen LogP contribution in [0.3, 0.4) is 0 Å². The number of hydrogen-bond donors (Lipinski definition) is 0. The van der Waals surface area contributed by atoms with Crippen molar-refractivity contribution in [2.24, 2.45) is 5.92 Å². The third kappa shape index (κ3) is 3.72. The zero-order valence-corrected chi connectivity index (χ0v) is 17.2. The van der Waals surface area contributed by atoms with Gasteiger partial charge >= 0.3 is 0 Å². The number of piperidine rings is 1. The molecule has 3 aliphatic heterocycles. The highest BCUT2D eigenvalue weighted by Crippen LogP contribution is 2.32. The molecule has 2 aromatic rings. The van der Waals surface area contributed by atoms with Gasteiger partial charge < -0.3 is 23.7 Å². The van der Waals surface area contributed by atoms with E-state index in [1.807, 2.05) is 34.1 Å². The molecule has 2 amide bonds. The van der Waals surface area contributed by atoms with Gasteiger partial charge in [0.1, 0.15) is 5.58 Å². The van der Waals surface area contributed by atoms with Crippen LogP contribution in [0.5, 0.6) is 0 Å². The third-order valence-electron chi connectivity index (χ3n) is 6.80. The average Bonchev–Trinajstić information content (AvgIpc) is 3.27. The van der Waals surface area contributed by atoms with Gasteiger partial charge in [-0.15, -0.1) is 0 Å². The Morgan fingerprint density at radius 1 is 0.967 bits per heavy atom. The van der Waals surface area contributed by atoms with Gasteiger partial charge in [-0.25, -0.2) is 0 Å². The zero-order valence-electron chi connectivity index (χ0n) is 17.2. The van der Waals surface area contributed by atoms with Crippen LogP contribution in [0.15, 0.2) is 34.9 Å². The van der Waals surface area contributed by atoms with Gasteiger partial charge in [-0.1, -0.05) is 6.07 Å². The maximum atomic E-state index is 13.1. The van der Waals surface area contributed by atoms with Crippen LogP contribution in [-0.4, -0.2) is 73.2 Å².